The van der Waals surface area contributed by atoms with Crippen LogP contribution in [0.4, 0.5) is 6.01 Å². The summed E-state index contributed by atoms with van der Waals surface area (Å²) in [4.78, 5) is 12.5. The molecule has 1 aromatic heterocycles. The van der Waals surface area contributed by atoms with Gasteiger partial charge in [-0.3, -0.25) is 10.1 Å². The number of amides is 1. The summed E-state index contributed by atoms with van der Waals surface area (Å²) in [5.41, 5.74) is 0.755. The van der Waals surface area contributed by atoms with Gasteiger partial charge in [-0.25, -0.2) is 8.42 Å². The van der Waals surface area contributed by atoms with E-state index in [1.807, 2.05) is 0 Å². The molecule has 0 saturated heterocycles. The van der Waals surface area contributed by atoms with Crippen LogP contribution in [0.25, 0.3) is 11.5 Å². The highest BCUT2D eigenvalue weighted by Crippen LogP contribution is 2.27. The van der Waals surface area contributed by atoms with Gasteiger partial charge in [-0.15, -0.1) is 18.3 Å². The van der Waals surface area contributed by atoms with Crippen LogP contribution in [0.5, 0.6) is 0 Å². The Balaban J connectivity index is 1.75. The minimum absolute atomic E-state index is 0.0477. The van der Waals surface area contributed by atoms with Gasteiger partial charge in [0, 0.05) is 18.7 Å². The Hall–Kier alpha value is -3.27. The van der Waals surface area contributed by atoms with E-state index in [1.165, 1.54) is 40.7 Å². The number of rotatable bonds is 9. The monoisotopic (exact) mass is 458 g/mol. The first kappa shape index (κ1) is 22.4. The predicted molar refractivity (Wildman–Crippen MR) is 118 cm³/mol. The molecule has 1 amide bonds. The number of sulfonamides is 1. The van der Waals surface area contributed by atoms with Crippen LogP contribution < -0.4 is 5.32 Å². The molecule has 160 valence electrons. The highest BCUT2D eigenvalue weighted by atomic mass is 35.5. The lowest BCUT2D eigenvalue weighted by atomic mass is 10.2. The fraction of sp³-hybridized carbons (Fsp3) is 0.0952. The first-order valence-electron chi connectivity index (χ1n) is 9.08. The second kappa shape index (κ2) is 9.69. The lowest BCUT2D eigenvalue weighted by molar-refractivity contribution is 0.102. The molecule has 0 aliphatic heterocycles. The van der Waals surface area contributed by atoms with Gasteiger partial charge in [0.1, 0.15) is 0 Å². The number of carbonyl (C=O) groups excluding carboxylic acids is 1. The van der Waals surface area contributed by atoms with Crippen molar-refractivity contribution in [2.75, 3.05) is 18.4 Å². The van der Waals surface area contributed by atoms with Gasteiger partial charge < -0.3 is 4.42 Å². The zero-order chi connectivity index (χ0) is 22.4. The SMILES string of the molecule is C=CCN(CC=C)S(=O)(=O)c1ccc(C(=O)Nc2nnc(-c3ccccc3Cl)o2)cc1. The largest absolute Gasteiger partial charge is 0.403 e. The first-order valence-corrected chi connectivity index (χ1v) is 10.9. The summed E-state index contributed by atoms with van der Waals surface area (Å²) in [7, 11) is -3.75. The van der Waals surface area contributed by atoms with E-state index in [4.69, 9.17) is 16.0 Å². The normalized spacial score (nSPS) is 11.3. The van der Waals surface area contributed by atoms with Crippen molar-refractivity contribution in [3.8, 4) is 11.5 Å². The molecule has 0 unspecified atom stereocenters. The van der Waals surface area contributed by atoms with Crippen molar-refractivity contribution in [3.05, 3.63) is 84.4 Å². The summed E-state index contributed by atoms with van der Waals surface area (Å²) in [6.45, 7) is 7.43. The molecule has 10 heteroatoms. The van der Waals surface area contributed by atoms with Crippen LogP contribution in [-0.4, -0.2) is 41.9 Å². The van der Waals surface area contributed by atoms with Gasteiger partial charge in [0.15, 0.2) is 0 Å². The van der Waals surface area contributed by atoms with Crippen LogP contribution in [0.1, 0.15) is 10.4 Å². The molecule has 0 saturated carbocycles. The molecule has 0 spiro atoms. The Morgan fingerprint density at radius 3 is 2.32 bits per heavy atom. The highest BCUT2D eigenvalue weighted by Gasteiger charge is 2.23. The summed E-state index contributed by atoms with van der Waals surface area (Å²) < 4.78 is 32.1. The van der Waals surface area contributed by atoms with Gasteiger partial charge in [-0.05, 0) is 36.4 Å². The molecular weight excluding hydrogens is 440 g/mol. The van der Waals surface area contributed by atoms with Crippen LogP contribution in [0.15, 0.2) is 83.2 Å². The van der Waals surface area contributed by atoms with E-state index >= 15 is 0 Å². The summed E-state index contributed by atoms with van der Waals surface area (Å²) in [6, 6.07) is 12.3. The standard InChI is InChI=1S/C21H19ClN4O4S/c1-3-13-26(14-4-2)31(28,29)16-11-9-15(10-12-16)19(27)23-21-25-24-20(30-21)17-7-5-6-8-18(17)22/h3-12H,1-2,13-14H2,(H,23,25,27). The lowest BCUT2D eigenvalue weighted by Gasteiger charge is -2.19. The van der Waals surface area contributed by atoms with E-state index in [0.29, 0.717) is 10.6 Å². The number of nitrogens with zero attached hydrogens (tertiary/aromatic N) is 3. The second-order valence-corrected chi connectivity index (χ2v) is 8.62. The minimum atomic E-state index is -3.75. The average molecular weight is 459 g/mol. The second-order valence-electron chi connectivity index (χ2n) is 6.27. The molecule has 0 fully saturated rings. The Kier molecular flexibility index (Phi) is 7.01. The molecule has 2 aromatic carbocycles. The van der Waals surface area contributed by atoms with Gasteiger partial charge in [0.05, 0.1) is 15.5 Å². The van der Waals surface area contributed by atoms with Gasteiger partial charge in [-0.2, -0.15) is 4.31 Å². The van der Waals surface area contributed by atoms with E-state index < -0.39 is 15.9 Å². The number of hydrogen-bond acceptors (Lipinski definition) is 6. The number of nitrogens with one attached hydrogen (secondary N) is 1. The smallest absolute Gasteiger partial charge is 0.322 e. The molecule has 3 aromatic rings. The van der Waals surface area contributed by atoms with Crippen LogP contribution in [-0.2, 0) is 10.0 Å². The third-order valence-electron chi connectivity index (χ3n) is 4.17. The maximum atomic E-state index is 12.7. The average Bonchev–Trinajstić information content (AvgIpc) is 3.22. The van der Waals surface area contributed by atoms with Crippen molar-refractivity contribution in [3.63, 3.8) is 0 Å². The molecular formula is C21H19ClN4O4S. The van der Waals surface area contributed by atoms with Gasteiger partial charge in [-0.1, -0.05) is 41.0 Å². The van der Waals surface area contributed by atoms with Gasteiger partial charge >= 0.3 is 6.01 Å². The van der Waals surface area contributed by atoms with Gasteiger partial charge in [0.25, 0.3) is 11.8 Å². The first-order chi connectivity index (χ1) is 14.9. The third kappa shape index (κ3) is 5.08. The number of aromatic nitrogens is 2. The van der Waals surface area contributed by atoms with Gasteiger partial charge in [0.2, 0.25) is 10.0 Å². The Bertz CT molecular complexity index is 1200. The quantitative estimate of drug-likeness (QED) is 0.486. The maximum Gasteiger partial charge on any atom is 0.322 e. The van der Waals surface area contributed by atoms with Crippen LogP contribution >= 0.6 is 11.6 Å². The van der Waals surface area contributed by atoms with E-state index in [9.17, 15) is 13.2 Å². The molecule has 0 atom stereocenters. The van der Waals surface area contributed by atoms with Crippen molar-refractivity contribution in [2.24, 2.45) is 0 Å². The molecule has 0 radical (unpaired) electrons. The maximum absolute atomic E-state index is 12.7. The fourth-order valence-electron chi connectivity index (χ4n) is 2.67. The molecule has 31 heavy (non-hydrogen) atoms. The van der Waals surface area contributed by atoms with Crippen LogP contribution in [0, 0.1) is 0 Å². The third-order valence-corrected chi connectivity index (χ3v) is 6.34. The molecule has 0 aliphatic rings. The summed E-state index contributed by atoms with van der Waals surface area (Å²) in [5.74, 6) is -0.376. The lowest BCUT2D eigenvalue weighted by Crippen LogP contribution is -2.31. The molecule has 0 bridgehead atoms. The Labute approximate surface area is 184 Å². The van der Waals surface area contributed by atoms with Crippen LogP contribution in [0.2, 0.25) is 5.02 Å². The van der Waals surface area contributed by atoms with Crippen molar-refractivity contribution in [2.45, 2.75) is 4.90 Å². The molecule has 0 aliphatic carbocycles. The fourth-order valence-corrected chi connectivity index (χ4v) is 4.27. The van der Waals surface area contributed by atoms with E-state index in [2.05, 4.69) is 28.7 Å². The zero-order valence-electron chi connectivity index (χ0n) is 16.4. The van der Waals surface area contributed by atoms with E-state index in [1.54, 1.807) is 24.3 Å². The highest BCUT2D eigenvalue weighted by molar-refractivity contribution is 7.89. The van der Waals surface area contributed by atoms with Crippen molar-refractivity contribution >= 4 is 33.5 Å². The van der Waals surface area contributed by atoms with Crippen LogP contribution in [0.3, 0.4) is 0 Å². The minimum Gasteiger partial charge on any atom is -0.403 e. The molecule has 3 rings (SSSR count). The Morgan fingerprint density at radius 2 is 1.71 bits per heavy atom. The number of carbonyl (C=O) groups is 1. The number of anilines is 1. The van der Waals surface area contributed by atoms with Crippen molar-refractivity contribution in [1.29, 1.82) is 0 Å². The summed E-state index contributed by atoms with van der Waals surface area (Å²) in [5, 5.41) is 10.6. The number of halogens is 1. The summed E-state index contributed by atoms with van der Waals surface area (Å²) >= 11 is 6.10. The van der Waals surface area contributed by atoms with E-state index in [-0.39, 0.29) is 35.5 Å². The van der Waals surface area contributed by atoms with Crippen molar-refractivity contribution < 1.29 is 17.6 Å². The molecule has 8 nitrogen and oxygen atoms in total. The Morgan fingerprint density at radius 1 is 1.06 bits per heavy atom. The summed E-state index contributed by atoms with van der Waals surface area (Å²) in [6.07, 6.45) is 2.98. The molecule has 1 heterocycles. The van der Waals surface area contributed by atoms with E-state index in [0.717, 1.165) is 0 Å². The topological polar surface area (TPSA) is 105 Å². The molecule has 1 N–H and O–H groups in total. The number of hydrogen-bond donors (Lipinski definition) is 1. The van der Waals surface area contributed by atoms with Crippen molar-refractivity contribution in [1.82, 2.24) is 14.5 Å². The number of benzene rings is 2. The zero-order valence-corrected chi connectivity index (χ0v) is 17.9. The predicted octanol–water partition coefficient (Wildman–Crippen LogP) is 4.01.